The molecule has 1 unspecified atom stereocenters. The summed E-state index contributed by atoms with van der Waals surface area (Å²) in [6.07, 6.45) is 0. The molecule has 12 heteroatoms. The molecule has 0 aliphatic heterocycles. The number of halogens is 2. The Morgan fingerprint density at radius 2 is 2.17 bits per heavy atom. The molecule has 0 fully saturated rings. The zero-order valence-corrected chi connectivity index (χ0v) is 16.7. The number of aromatic amines is 2. The van der Waals surface area contributed by atoms with Crippen molar-refractivity contribution in [2.45, 2.75) is 19.7 Å². The van der Waals surface area contributed by atoms with Gasteiger partial charge in [-0.15, -0.1) is 10.2 Å². The molecule has 2 heterocycles. The van der Waals surface area contributed by atoms with Gasteiger partial charge in [-0.1, -0.05) is 25.4 Å². The van der Waals surface area contributed by atoms with E-state index < -0.39 is 58.1 Å². The summed E-state index contributed by atoms with van der Waals surface area (Å²) in [5, 5.41) is 18.0. The van der Waals surface area contributed by atoms with Crippen LogP contribution in [0.15, 0.2) is 37.0 Å². The van der Waals surface area contributed by atoms with Crippen molar-refractivity contribution >= 4 is 27.5 Å². The number of ether oxygens (including phenoxy) is 1. The zero-order valence-electron chi connectivity index (χ0n) is 19.3. The number of rotatable bonds is 4. The molecular weight excluding hydrogens is 468 g/mol. The Kier molecular flexibility index (Phi) is 4.07. The van der Waals surface area contributed by atoms with Crippen LogP contribution in [0.5, 0.6) is 11.6 Å². The lowest BCUT2D eigenvalue weighted by Gasteiger charge is -2.12. The Morgan fingerprint density at radius 3 is 2.86 bits per heavy atom. The molecule has 0 spiro atoms. The van der Waals surface area contributed by atoms with Crippen molar-refractivity contribution in [1.29, 1.82) is 5.26 Å². The summed E-state index contributed by atoms with van der Waals surface area (Å²) in [4.78, 5) is 37.7. The van der Waals surface area contributed by atoms with Crippen LogP contribution < -0.4 is 21.5 Å². The molecule has 148 valence electrons. The quantitative estimate of drug-likeness (QED) is 0.577. The Labute approximate surface area is 182 Å². The fourth-order valence-corrected chi connectivity index (χ4v) is 2.95. The summed E-state index contributed by atoms with van der Waals surface area (Å²) in [6.45, 7) is -1.15. The Bertz CT molecular complexity index is 1500. The van der Waals surface area contributed by atoms with Crippen molar-refractivity contribution in [1.82, 2.24) is 25.0 Å². The Morgan fingerprint density at radius 1 is 1.41 bits per heavy atom. The van der Waals surface area contributed by atoms with E-state index in [1.165, 1.54) is 13.0 Å². The summed E-state index contributed by atoms with van der Waals surface area (Å²) in [5.41, 5.74) is -4.19. The number of hydrogen-bond donors (Lipinski definition) is 2. The fraction of sp³-hybridized carbons (Fsp3) is 0.176. The van der Waals surface area contributed by atoms with Gasteiger partial charge in [-0.25, -0.2) is 9.89 Å². The minimum Gasteiger partial charge on any atom is -0.435 e. The lowest BCUT2D eigenvalue weighted by molar-refractivity contribution is 0.449. The second-order valence-electron chi connectivity index (χ2n) is 5.50. The van der Waals surface area contributed by atoms with E-state index in [1.54, 1.807) is 0 Å². The van der Waals surface area contributed by atoms with Gasteiger partial charge in [-0.3, -0.25) is 14.6 Å². The minimum absolute atomic E-state index is 0.140. The smallest absolute Gasteiger partial charge is 0.349 e. The molecule has 1 aromatic carbocycles. The lowest BCUT2D eigenvalue weighted by atomic mass is 10.1. The topological polar surface area (TPSA) is 147 Å². The van der Waals surface area contributed by atoms with E-state index in [2.05, 4.69) is 31.2 Å². The van der Waals surface area contributed by atoms with Crippen molar-refractivity contribution in [3.8, 4) is 23.4 Å². The first kappa shape index (κ1) is 14.7. The predicted molar refractivity (Wildman–Crippen MR) is 107 cm³/mol. The van der Waals surface area contributed by atoms with Crippen LogP contribution in [-0.4, -0.2) is 25.0 Å². The van der Waals surface area contributed by atoms with E-state index in [9.17, 15) is 14.4 Å². The number of nitrogens with one attached hydrogen (secondary N) is 2. The molecule has 0 aliphatic carbocycles. The van der Waals surface area contributed by atoms with Gasteiger partial charge in [-0.05, 0) is 33.9 Å². The fourth-order valence-electron chi connectivity index (χ4n) is 2.15. The van der Waals surface area contributed by atoms with Gasteiger partial charge in [0, 0.05) is 15.7 Å². The molecule has 1 atom stereocenters. The van der Waals surface area contributed by atoms with E-state index in [1.807, 2.05) is 4.98 Å². The molecule has 0 radical (unpaired) electrons. The van der Waals surface area contributed by atoms with Crippen LogP contribution in [0.2, 0.25) is 5.02 Å². The number of aromatic nitrogens is 5. The van der Waals surface area contributed by atoms with Gasteiger partial charge in [0.2, 0.25) is 11.6 Å². The molecule has 29 heavy (non-hydrogen) atoms. The van der Waals surface area contributed by atoms with E-state index in [-0.39, 0.29) is 21.7 Å². The monoisotopic (exact) mass is 483 g/mol. The first-order valence-corrected chi connectivity index (χ1v) is 8.84. The van der Waals surface area contributed by atoms with Crippen molar-refractivity contribution in [3.63, 3.8) is 0 Å². The Balaban J connectivity index is 2.17. The van der Waals surface area contributed by atoms with Crippen molar-refractivity contribution in [2.24, 2.45) is 0 Å². The second kappa shape index (κ2) is 8.02. The van der Waals surface area contributed by atoms with E-state index in [0.29, 0.717) is 4.68 Å². The van der Waals surface area contributed by atoms with Gasteiger partial charge in [-0.2, -0.15) is 9.94 Å². The molecule has 0 amide bonds. The number of nitriles is 1. The zero-order chi connectivity index (χ0) is 25.5. The molecular formula is C17H12BrClN6O4. The predicted octanol–water partition coefficient (Wildman–Crippen LogP) is 2.21. The molecule has 0 aliphatic rings. The first-order chi connectivity index (χ1) is 15.8. The number of H-pyrrole nitrogens is 2. The minimum atomic E-state index is -2.48. The summed E-state index contributed by atoms with van der Waals surface area (Å²) in [7, 11) is 0. The van der Waals surface area contributed by atoms with E-state index in [0.717, 1.165) is 6.07 Å². The van der Waals surface area contributed by atoms with Crippen molar-refractivity contribution < 1.29 is 11.6 Å². The standard InChI is InChI=1S/C17H12BrClN6O4/c1-7(2)9-5-13(22-23-15(9)26)29-14-10(18)3-8(4-11(14)19)25-17(28)21-16(27)12(6-20)24-25/h3-5,7H,1-2H3,(H,23,26)(H,21,27,28)/i1D3,3D,4D. The van der Waals surface area contributed by atoms with Crippen LogP contribution in [-0.2, 0) is 0 Å². The SMILES string of the molecule is [2H]c1c(Cl)c(Oc2cc(C(C)C([2H])([2H])[2H])c(=O)[nH]n2)c(Br)c([2H])c1-n1nc(C#N)c(=O)[nH]c1=O. The maximum absolute atomic E-state index is 12.2. The molecule has 2 aromatic heterocycles. The molecule has 0 saturated carbocycles. The van der Waals surface area contributed by atoms with Gasteiger partial charge in [0.25, 0.3) is 11.1 Å². The number of nitrogens with zero attached hydrogens (tertiary/aromatic N) is 4. The van der Waals surface area contributed by atoms with Crippen LogP contribution in [0.1, 0.15) is 37.8 Å². The first-order valence-electron chi connectivity index (χ1n) is 10.2. The van der Waals surface area contributed by atoms with E-state index in [4.69, 9.17) is 28.5 Å². The van der Waals surface area contributed by atoms with Crippen LogP contribution in [0.3, 0.4) is 0 Å². The highest BCUT2D eigenvalue weighted by Gasteiger charge is 2.16. The average molecular weight is 485 g/mol. The maximum Gasteiger partial charge on any atom is 0.349 e. The summed E-state index contributed by atoms with van der Waals surface area (Å²) >= 11 is 9.33. The maximum atomic E-state index is 12.2. The number of benzene rings is 1. The molecule has 3 aromatic rings. The molecule has 10 nitrogen and oxygen atoms in total. The van der Waals surface area contributed by atoms with Crippen LogP contribution in [0.4, 0.5) is 0 Å². The van der Waals surface area contributed by atoms with Gasteiger partial charge in [0.1, 0.15) is 6.07 Å². The van der Waals surface area contributed by atoms with Crippen LogP contribution in [0.25, 0.3) is 5.69 Å². The normalized spacial score (nSPS) is 14.6. The number of hydrogen-bond acceptors (Lipinski definition) is 7. The highest BCUT2D eigenvalue weighted by Crippen LogP contribution is 2.37. The van der Waals surface area contributed by atoms with Crippen molar-refractivity contribution in [3.05, 3.63) is 70.1 Å². The molecule has 0 bridgehead atoms. The molecule has 3 rings (SSSR count). The summed E-state index contributed by atoms with van der Waals surface area (Å²) in [5.74, 6) is -1.75. The molecule has 2 N–H and O–H groups in total. The largest absolute Gasteiger partial charge is 0.435 e. The highest BCUT2D eigenvalue weighted by atomic mass is 79.9. The summed E-state index contributed by atoms with van der Waals surface area (Å²) < 4.78 is 45.1. The van der Waals surface area contributed by atoms with Crippen LogP contribution >= 0.6 is 27.5 Å². The van der Waals surface area contributed by atoms with Crippen LogP contribution in [0, 0.1) is 11.3 Å². The van der Waals surface area contributed by atoms with Gasteiger partial charge in [0.05, 0.1) is 17.9 Å². The Hall–Kier alpha value is -3.23. The van der Waals surface area contributed by atoms with Gasteiger partial charge >= 0.3 is 5.69 Å². The lowest BCUT2D eigenvalue weighted by Crippen LogP contribution is -2.33. The van der Waals surface area contributed by atoms with E-state index >= 15 is 0 Å². The van der Waals surface area contributed by atoms with Gasteiger partial charge < -0.3 is 4.74 Å². The third kappa shape index (κ3) is 4.13. The third-order valence-electron chi connectivity index (χ3n) is 3.48. The van der Waals surface area contributed by atoms with Gasteiger partial charge in [0.15, 0.2) is 5.75 Å². The third-order valence-corrected chi connectivity index (χ3v) is 4.31. The highest BCUT2D eigenvalue weighted by molar-refractivity contribution is 9.10. The average Bonchev–Trinajstić information content (AvgIpc) is 2.76. The summed E-state index contributed by atoms with van der Waals surface area (Å²) in [6, 6.07) is 1.45. The second-order valence-corrected chi connectivity index (χ2v) is 6.67. The molecule has 0 saturated heterocycles. The van der Waals surface area contributed by atoms with Crippen molar-refractivity contribution in [2.75, 3.05) is 0 Å².